The molecule has 0 saturated heterocycles. The first-order valence-electron chi connectivity index (χ1n) is 3.46. The number of halogens is 1. The minimum Gasteiger partial charge on any atom is -0.352 e. The van der Waals surface area contributed by atoms with Crippen LogP contribution in [0.1, 0.15) is 5.56 Å². The largest absolute Gasteiger partial charge is 0.352 e. The molecule has 1 aromatic rings. The summed E-state index contributed by atoms with van der Waals surface area (Å²) in [5.41, 5.74) is 5.94. The van der Waals surface area contributed by atoms with Gasteiger partial charge in [0.2, 0.25) is 0 Å². The van der Waals surface area contributed by atoms with E-state index in [1.54, 1.807) is 0 Å². The first kappa shape index (κ1) is 9.06. The molecule has 3 nitrogen and oxygen atoms in total. The Labute approximate surface area is 79.1 Å². The van der Waals surface area contributed by atoms with Crippen molar-refractivity contribution in [3.05, 3.63) is 34.3 Å². The molecule has 1 rings (SSSR count). The predicted octanol–water partition coefficient (Wildman–Crippen LogP) is 1.62. The van der Waals surface area contributed by atoms with E-state index in [-0.39, 0.29) is 0 Å². The second kappa shape index (κ2) is 4.11. The topological polar surface area (TPSA) is 55.1 Å². The fourth-order valence-corrected chi connectivity index (χ4v) is 1.06. The lowest BCUT2D eigenvalue weighted by molar-refractivity contribution is 0.248. The van der Waals surface area contributed by atoms with Crippen molar-refractivity contribution in [2.75, 3.05) is 0 Å². The number of amides is 2. The van der Waals surface area contributed by atoms with E-state index in [9.17, 15) is 4.79 Å². The van der Waals surface area contributed by atoms with Crippen LogP contribution in [-0.2, 0) is 6.54 Å². The van der Waals surface area contributed by atoms with E-state index in [4.69, 9.17) is 5.73 Å². The van der Waals surface area contributed by atoms with Crippen LogP contribution < -0.4 is 11.1 Å². The van der Waals surface area contributed by atoms with Crippen molar-refractivity contribution in [2.45, 2.75) is 6.54 Å². The molecule has 0 atom stereocenters. The summed E-state index contributed by atoms with van der Waals surface area (Å²) in [7, 11) is 0. The van der Waals surface area contributed by atoms with E-state index < -0.39 is 6.03 Å². The molecule has 3 N–H and O–H groups in total. The Morgan fingerprint density at radius 2 is 2.00 bits per heavy atom. The van der Waals surface area contributed by atoms with Crippen LogP contribution in [-0.4, -0.2) is 6.03 Å². The molecule has 0 aliphatic heterocycles. The van der Waals surface area contributed by atoms with Crippen molar-refractivity contribution in [3.63, 3.8) is 0 Å². The molecular weight excluding hydrogens is 220 g/mol. The van der Waals surface area contributed by atoms with Gasteiger partial charge in [0, 0.05) is 11.0 Å². The van der Waals surface area contributed by atoms with Crippen LogP contribution in [0, 0.1) is 0 Å². The molecule has 0 aliphatic carbocycles. The first-order chi connectivity index (χ1) is 5.68. The van der Waals surface area contributed by atoms with E-state index in [2.05, 4.69) is 21.2 Å². The summed E-state index contributed by atoms with van der Waals surface area (Å²) in [4.78, 5) is 10.3. The van der Waals surface area contributed by atoms with Crippen LogP contribution in [0.5, 0.6) is 0 Å². The van der Waals surface area contributed by atoms with Gasteiger partial charge in [-0.15, -0.1) is 0 Å². The maximum Gasteiger partial charge on any atom is 0.312 e. The molecule has 0 bridgehead atoms. The van der Waals surface area contributed by atoms with Crippen LogP contribution in [0.2, 0.25) is 0 Å². The minimum absolute atomic E-state index is 0.475. The number of benzene rings is 1. The number of hydrogen-bond acceptors (Lipinski definition) is 1. The third-order valence-corrected chi connectivity index (χ3v) is 1.91. The molecule has 0 saturated carbocycles. The third kappa shape index (κ3) is 2.92. The van der Waals surface area contributed by atoms with Gasteiger partial charge >= 0.3 is 6.03 Å². The highest BCUT2D eigenvalue weighted by atomic mass is 79.9. The average molecular weight is 229 g/mol. The second-order valence-electron chi connectivity index (χ2n) is 2.34. The van der Waals surface area contributed by atoms with Gasteiger partial charge in [-0.3, -0.25) is 0 Å². The molecule has 0 heterocycles. The summed E-state index contributed by atoms with van der Waals surface area (Å²) < 4.78 is 1.02. The lowest BCUT2D eigenvalue weighted by Crippen LogP contribution is -2.28. The zero-order valence-electron chi connectivity index (χ0n) is 6.38. The molecule has 0 radical (unpaired) electrons. The fourth-order valence-electron chi connectivity index (χ4n) is 0.791. The van der Waals surface area contributed by atoms with Gasteiger partial charge in [-0.2, -0.15) is 0 Å². The summed E-state index contributed by atoms with van der Waals surface area (Å²) in [6.45, 7) is 0.475. The maximum absolute atomic E-state index is 10.3. The Kier molecular flexibility index (Phi) is 3.10. The lowest BCUT2D eigenvalue weighted by atomic mass is 10.2. The molecular formula is C8H9BrN2O. The number of carbonyl (C=O) groups is 1. The minimum atomic E-state index is -0.502. The molecule has 4 heteroatoms. The van der Waals surface area contributed by atoms with Crippen molar-refractivity contribution in [2.24, 2.45) is 5.73 Å². The lowest BCUT2D eigenvalue weighted by Gasteiger charge is -2.01. The SMILES string of the molecule is NC(=O)NCc1ccc(Br)cc1. The Hall–Kier alpha value is -1.03. The van der Waals surface area contributed by atoms with E-state index in [1.807, 2.05) is 24.3 Å². The van der Waals surface area contributed by atoms with E-state index in [0.717, 1.165) is 10.0 Å². The second-order valence-corrected chi connectivity index (χ2v) is 3.26. The number of urea groups is 1. The highest BCUT2D eigenvalue weighted by Crippen LogP contribution is 2.09. The molecule has 64 valence electrons. The smallest absolute Gasteiger partial charge is 0.312 e. The molecule has 2 amide bonds. The van der Waals surface area contributed by atoms with Crippen LogP contribution in [0.3, 0.4) is 0 Å². The molecule has 0 spiro atoms. The maximum atomic E-state index is 10.3. The van der Waals surface area contributed by atoms with E-state index >= 15 is 0 Å². The highest BCUT2D eigenvalue weighted by Gasteiger charge is 1.93. The molecule has 12 heavy (non-hydrogen) atoms. The van der Waals surface area contributed by atoms with Crippen LogP contribution in [0.25, 0.3) is 0 Å². The fraction of sp³-hybridized carbons (Fsp3) is 0.125. The van der Waals surface area contributed by atoms with Gasteiger partial charge in [0.25, 0.3) is 0 Å². The van der Waals surface area contributed by atoms with Crippen molar-refractivity contribution in [1.82, 2.24) is 5.32 Å². The average Bonchev–Trinajstić information content (AvgIpc) is 2.03. The van der Waals surface area contributed by atoms with E-state index in [1.165, 1.54) is 0 Å². The van der Waals surface area contributed by atoms with Gasteiger partial charge in [0.15, 0.2) is 0 Å². The zero-order chi connectivity index (χ0) is 8.97. The zero-order valence-corrected chi connectivity index (χ0v) is 7.97. The summed E-state index contributed by atoms with van der Waals surface area (Å²) in [6, 6.07) is 7.16. The predicted molar refractivity (Wildman–Crippen MR) is 50.6 cm³/mol. The molecule has 1 aromatic carbocycles. The number of rotatable bonds is 2. The number of carbonyl (C=O) groups excluding carboxylic acids is 1. The summed E-state index contributed by atoms with van der Waals surface area (Å²) >= 11 is 3.31. The van der Waals surface area contributed by atoms with Gasteiger partial charge < -0.3 is 11.1 Å². The Bertz CT molecular complexity index is 271. The van der Waals surface area contributed by atoms with Gasteiger partial charge in [-0.25, -0.2) is 4.79 Å². The van der Waals surface area contributed by atoms with Crippen molar-refractivity contribution in [3.8, 4) is 0 Å². The standard InChI is InChI=1S/C8H9BrN2O/c9-7-3-1-6(2-4-7)5-11-8(10)12/h1-4H,5H2,(H3,10,11,12). The van der Waals surface area contributed by atoms with Gasteiger partial charge in [0.1, 0.15) is 0 Å². The number of nitrogens with two attached hydrogens (primary N) is 1. The molecule has 0 aromatic heterocycles. The Balaban J connectivity index is 2.53. The quantitative estimate of drug-likeness (QED) is 0.795. The van der Waals surface area contributed by atoms with Crippen LogP contribution >= 0.6 is 15.9 Å². The molecule has 0 aliphatic rings. The van der Waals surface area contributed by atoms with Gasteiger partial charge in [-0.05, 0) is 17.7 Å². The Morgan fingerprint density at radius 3 is 2.50 bits per heavy atom. The van der Waals surface area contributed by atoms with Crippen LogP contribution in [0.4, 0.5) is 4.79 Å². The summed E-state index contributed by atoms with van der Waals surface area (Å²) in [6.07, 6.45) is 0. The third-order valence-electron chi connectivity index (χ3n) is 1.38. The first-order valence-corrected chi connectivity index (χ1v) is 4.25. The van der Waals surface area contributed by atoms with Gasteiger partial charge in [0.05, 0.1) is 0 Å². The van der Waals surface area contributed by atoms with Crippen molar-refractivity contribution >= 4 is 22.0 Å². The normalized spacial score (nSPS) is 9.42. The number of primary amides is 1. The highest BCUT2D eigenvalue weighted by molar-refractivity contribution is 9.10. The van der Waals surface area contributed by atoms with Gasteiger partial charge in [-0.1, -0.05) is 28.1 Å². The number of hydrogen-bond donors (Lipinski definition) is 2. The number of nitrogens with one attached hydrogen (secondary N) is 1. The monoisotopic (exact) mass is 228 g/mol. The Morgan fingerprint density at radius 1 is 1.42 bits per heavy atom. The molecule has 0 fully saturated rings. The summed E-state index contributed by atoms with van der Waals surface area (Å²) in [5.74, 6) is 0. The van der Waals surface area contributed by atoms with E-state index in [0.29, 0.717) is 6.54 Å². The summed E-state index contributed by atoms with van der Waals surface area (Å²) in [5, 5.41) is 2.50. The van der Waals surface area contributed by atoms with Crippen molar-refractivity contribution < 1.29 is 4.79 Å². The van der Waals surface area contributed by atoms with Crippen molar-refractivity contribution in [1.29, 1.82) is 0 Å². The van der Waals surface area contributed by atoms with Crippen LogP contribution in [0.15, 0.2) is 28.7 Å². The molecule has 0 unspecified atom stereocenters.